The van der Waals surface area contributed by atoms with Crippen LogP contribution < -0.4 is 15.8 Å². The zero-order chi connectivity index (χ0) is 15.9. The van der Waals surface area contributed by atoms with E-state index in [-0.39, 0.29) is 6.04 Å². The number of nitrogens with two attached hydrogens (primary N) is 1. The molecule has 0 fully saturated rings. The van der Waals surface area contributed by atoms with Crippen LogP contribution in [0.25, 0.3) is 0 Å². The molecule has 1 unspecified atom stereocenters. The molecule has 0 aliphatic carbocycles. The Bertz CT molecular complexity index is 626. The predicted octanol–water partition coefficient (Wildman–Crippen LogP) is 2.62. The van der Waals surface area contributed by atoms with Crippen molar-refractivity contribution < 1.29 is 9.53 Å². The number of primary amides is 1. The van der Waals surface area contributed by atoms with Gasteiger partial charge in [0.05, 0.1) is 18.4 Å². The Hall–Kier alpha value is -2.56. The van der Waals surface area contributed by atoms with E-state index in [1.807, 2.05) is 12.1 Å². The third-order valence-electron chi connectivity index (χ3n) is 3.51. The second-order valence-corrected chi connectivity index (χ2v) is 5.22. The Labute approximate surface area is 130 Å². The molecule has 0 bridgehead atoms. The number of nitrogens with one attached hydrogen (secondary N) is 1. The molecule has 1 aromatic carbocycles. The Balaban J connectivity index is 1.92. The highest BCUT2D eigenvalue weighted by Crippen LogP contribution is 2.17. The van der Waals surface area contributed by atoms with Crippen LogP contribution in [0.1, 0.15) is 29.3 Å². The van der Waals surface area contributed by atoms with Crippen molar-refractivity contribution in [3.05, 3.63) is 53.9 Å². The van der Waals surface area contributed by atoms with Crippen LogP contribution in [0.15, 0.2) is 42.7 Å². The van der Waals surface area contributed by atoms with Gasteiger partial charge in [0.25, 0.3) is 5.91 Å². The van der Waals surface area contributed by atoms with E-state index in [1.165, 1.54) is 11.8 Å². The van der Waals surface area contributed by atoms with Gasteiger partial charge in [-0.3, -0.25) is 9.78 Å². The Kier molecular flexibility index (Phi) is 5.36. The molecule has 2 rings (SSSR count). The molecule has 0 aliphatic heterocycles. The molecule has 116 valence electrons. The highest BCUT2D eigenvalue weighted by molar-refractivity contribution is 5.98. The number of anilines is 1. The van der Waals surface area contributed by atoms with Gasteiger partial charge < -0.3 is 15.8 Å². The number of amides is 1. The van der Waals surface area contributed by atoms with E-state index in [4.69, 9.17) is 10.5 Å². The fraction of sp³-hybridized carbons (Fsp3) is 0.294. The summed E-state index contributed by atoms with van der Waals surface area (Å²) in [5.74, 6) is 0.385. The van der Waals surface area contributed by atoms with Gasteiger partial charge >= 0.3 is 0 Å². The lowest BCUT2D eigenvalue weighted by molar-refractivity contribution is 0.100. The van der Waals surface area contributed by atoms with E-state index in [1.54, 1.807) is 19.4 Å². The molecular weight excluding hydrogens is 278 g/mol. The monoisotopic (exact) mass is 299 g/mol. The summed E-state index contributed by atoms with van der Waals surface area (Å²) in [5.41, 5.74) is 7.74. The maximum Gasteiger partial charge on any atom is 0.252 e. The van der Waals surface area contributed by atoms with Gasteiger partial charge in [0.15, 0.2) is 0 Å². The van der Waals surface area contributed by atoms with Crippen molar-refractivity contribution in [1.29, 1.82) is 0 Å². The third kappa shape index (κ3) is 4.22. The zero-order valence-corrected chi connectivity index (χ0v) is 12.9. The molecule has 5 nitrogen and oxygen atoms in total. The van der Waals surface area contributed by atoms with Crippen molar-refractivity contribution >= 4 is 11.6 Å². The number of aromatic nitrogens is 1. The first kappa shape index (κ1) is 15.8. The van der Waals surface area contributed by atoms with Crippen molar-refractivity contribution in [2.75, 3.05) is 12.4 Å². The molecule has 1 amide bonds. The van der Waals surface area contributed by atoms with E-state index in [9.17, 15) is 4.79 Å². The molecule has 1 heterocycles. The summed E-state index contributed by atoms with van der Waals surface area (Å²) < 4.78 is 5.15. The zero-order valence-electron chi connectivity index (χ0n) is 12.9. The van der Waals surface area contributed by atoms with Gasteiger partial charge in [-0.1, -0.05) is 12.1 Å². The summed E-state index contributed by atoms with van der Waals surface area (Å²) in [4.78, 5) is 15.3. The number of pyridine rings is 1. The largest absolute Gasteiger partial charge is 0.497 e. The van der Waals surface area contributed by atoms with Crippen LogP contribution in [-0.2, 0) is 6.42 Å². The predicted molar refractivity (Wildman–Crippen MR) is 87.2 cm³/mol. The summed E-state index contributed by atoms with van der Waals surface area (Å²) in [5, 5.41) is 3.32. The van der Waals surface area contributed by atoms with Crippen molar-refractivity contribution in [2.45, 2.75) is 25.8 Å². The normalized spacial score (nSPS) is 11.7. The van der Waals surface area contributed by atoms with Crippen molar-refractivity contribution in [3.8, 4) is 5.75 Å². The number of methoxy groups -OCH3 is 1. The Morgan fingerprint density at radius 1 is 1.32 bits per heavy atom. The van der Waals surface area contributed by atoms with Crippen LogP contribution in [-0.4, -0.2) is 24.0 Å². The highest BCUT2D eigenvalue weighted by Gasteiger charge is 2.10. The molecule has 5 heteroatoms. The molecule has 3 N–H and O–H groups in total. The smallest absolute Gasteiger partial charge is 0.252 e. The minimum atomic E-state index is -0.474. The van der Waals surface area contributed by atoms with Crippen LogP contribution in [0, 0.1) is 0 Å². The van der Waals surface area contributed by atoms with Crippen LogP contribution in [0.4, 0.5) is 5.69 Å². The van der Waals surface area contributed by atoms with Crippen LogP contribution >= 0.6 is 0 Å². The van der Waals surface area contributed by atoms with E-state index in [0.717, 1.165) is 24.3 Å². The molecule has 0 spiro atoms. The molecule has 0 radical (unpaired) electrons. The molecule has 1 atom stereocenters. The summed E-state index contributed by atoms with van der Waals surface area (Å²) in [6.07, 6.45) is 5.01. The van der Waals surface area contributed by atoms with Crippen LogP contribution in [0.2, 0.25) is 0 Å². The van der Waals surface area contributed by atoms with Gasteiger partial charge in [-0.15, -0.1) is 0 Å². The second kappa shape index (κ2) is 7.45. The lowest BCUT2D eigenvalue weighted by Gasteiger charge is -2.17. The lowest BCUT2D eigenvalue weighted by atomic mass is 10.1. The first-order valence-corrected chi connectivity index (χ1v) is 7.23. The number of carbonyl (C=O) groups excluding carboxylic acids is 1. The fourth-order valence-corrected chi connectivity index (χ4v) is 2.23. The van der Waals surface area contributed by atoms with Gasteiger partial charge in [0.1, 0.15) is 5.75 Å². The quantitative estimate of drug-likeness (QED) is 0.824. The molecule has 0 saturated carbocycles. The Morgan fingerprint density at radius 2 is 2.05 bits per heavy atom. The lowest BCUT2D eigenvalue weighted by Crippen LogP contribution is -2.20. The van der Waals surface area contributed by atoms with E-state index < -0.39 is 5.91 Å². The number of nitrogens with zero attached hydrogens (tertiary/aromatic N) is 1. The number of rotatable bonds is 7. The van der Waals surface area contributed by atoms with Crippen molar-refractivity contribution in [2.24, 2.45) is 5.73 Å². The highest BCUT2D eigenvalue weighted by atomic mass is 16.5. The van der Waals surface area contributed by atoms with E-state index in [0.29, 0.717) is 5.56 Å². The molecule has 0 aliphatic rings. The number of aryl methyl sites for hydroxylation is 1. The molecule has 2 aromatic rings. The average Bonchev–Trinajstić information content (AvgIpc) is 2.53. The fourth-order valence-electron chi connectivity index (χ4n) is 2.23. The minimum Gasteiger partial charge on any atom is -0.497 e. The number of benzene rings is 1. The number of hydrogen-bond acceptors (Lipinski definition) is 4. The number of ether oxygens (including phenoxy) is 1. The maximum atomic E-state index is 11.4. The topological polar surface area (TPSA) is 77.2 Å². The molecule has 1 aromatic heterocycles. The van der Waals surface area contributed by atoms with Gasteiger partial charge in [-0.25, -0.2) is 0 Å². The van der Waals surface area contributed by atoms with Crippen LogP contribution in [0.3, 0.4) is 0 Å². The number of carbonyl (C=O) groups is 1. The maximum absolute atomic E-state index is 11.4. The van der Waals surface area contributed by atoms with Gasteiger partial charge in [0.2, 0.25) is 0 Å². The minimum absolute atomic E-state index is 0.211. The average molecular weight is 299 g/mol. The first-order valence-electron chi connectivity index (χ1n) is 7.23. The molecule has 0 saturated heterocycles. The number of hydrogen-bond donors (Lipinski definition) is 2. The van der Waals surface area contributed by atoms with E-state index in [2.05, 4.69) is 29.4 Å². The van der Waals surface area contributed by atoms with Crippen molar-refractivity contribution in [3.63, 3.8) is 0 Å². The second-order valence-electron chi connectivity index (χ2n) is 5.22. The van der Waals surface area contributed by atoms with Gasteiger partial charge in [-0.2, -0.15) is 0 Å². The first-order chi connectivity index (χ1) is 10.6. The third-order valence-corrected chi connectivity index (χ3v) is 3.51. The summed E-state index contributed by atoms with van der Waals surface area (Å²) in [6, 6.07) is 10.0. The van der Waals surface area contributed by atoms with Gasteiger partial charge in [0, 0.05) is 18.4 Å². The SMILES string of the molecule is COc1ccc(CCC(C)Nc2ccncc2C(N)=O)cc1. The van der Waals surface area contributed by atoms with Gasteiger partial charge in [-0.05, 0) is 43.5 Å². The van der Waals surface area contributed by atoms with E-state index >= 15 is 0 Å². The molecular formula is C17H21N3O2. The summed E-state index contributed by atoms with van der Waals surface area (Å²) in [7, 11) is 1.66. The Morgan fingerprint density at radius 3 is 2.68 bits per heavy atom. The van der Waals surface area contributed by atoms with Crippen LogP contribution in [0.5, 0.6) is 5.75 Å². The standard InChI is InChI=1S/C17H21N3O2/c1-12(3-4-13-5-7-14(22-2)8-6-13)20-16-9-10-19-11-15(16)17(18)21/h5-12H,3-4H2,1-2H3,(H2,18,21)(H,19,20). The van der Waals surface area contributed by atoms with Crippen molar-refractivity contribution in [1.82, 2.24) is 4.98 Å². The molecule has 22 heavy (non-hydrogen) atoms. The summed E-state index contributed by atoms with van der Waals surface area (Å²) >= 11 is 0. The summed E-state index contributed by atoms with van der Waals surface area (Å²) in [6.45, 7) is 2.08.